The van der Waals surface area contributed by atoms with Gasteiger partial charge < -0.3 is 15.5 Å². The summed E-state index contributed by atoms with van der Waals surface area (Å²) in [5.41, 5.74) is 7.59. The molecule has 0 atom stereocenters. The summed E-state index contributed by atoms with van der Waals surface area (Å²) in [6.07, 6.45) is 0. The molecular weight excluding hydrogens is 284 g/mol. The van der Waals surface area contributed by atoms with E-state index in [-0.39, 0.29) is 12.3 Å². The number of nitrogens with two attached hydrogens (primary N) is 1. The Morgan fingerprint density at radius 1 is 1.40 bits per heavy atom. The Hall–Kier alpha value is -2.00. The summed E-state index contributed by atoms with van der Waals surface area (Å²) < 4.78 is 29.3. The lowest BCUT2D eigenvalue weighted by Crippen LogP contribution is -2.28. The van der Waals surface area contributed by atoms with Crippen LogP contribution in [0.4, 0.5) is 11.4 Å². The molecule has 1 aromatic heterocycles. The number of nitrogens with one attached hydrogen (secondary N) is 2. The molecule has 0 bridgehead atoms. The van der Waals surface area contributed by atoms with Gasteiger partial charge in [-0.15, -0.1) is 0 Å². The van der Waals surface area contributed by atoms with Gasteiger partial charge in [-0.3, -0.25) is 4.98 Å². The first-order chi connectivity index (χ1) is 9.29. The van der Waals surface area contributed by atoms with Crippen molar-refractivity contribution in [2.45, 2.75) is 0 Å². The molecule has 0 fully saturated rings. The van der Waals surface area contributed by atoms with E-state index in [1.54, 1.807) is 6.07 Å². The van der Waals surface area contributed by atoms with Crippen LogP contribution < -0.4 is 16.8 Å². The van der Waals surface area contributed by atoms with Gasteiger partial charge >= 0.3 is 5.76 Å². The van der Waals surface area contributed by atoms with Gasteiger partial charge in [0.1, 0.15) is 0 Å². The lowest BCUT2D eigenvalue weighted by Gasteiger charge is -2.13. The fourth-order valence-electron chi connectivity index (χ4n) is 1.66. The molecule has 9 heteroatoms. The lowest BCUT2D eigenvalue weighted by molar-refractivity contribution is 0.521. The molecule has 0 amide bonds. The quantitative estimate of drug-likeness (QED) is 0.669. The predicted octanol–water partition coefficient (Wildman–Crippen LogP) is 0.00660. The smallest absolute Gasteiger partial charge is 0.408 e. The molecule has 0 aliphatic carbocycles. The molecule has 0 aliphatic rings. The molecule has 0 saturated heterocycles. The number of nitrogens with zero attached hydrogens (tertiary/aromatic N) is 1. The molecule has 0 saturated carbocycles. The zero-order valence-corrected chi connectivity index (χ0v) is 12.0. The second-order valence-corrected chi connectivity index (χ2v) is 6.78. The van der Waals surface area contributed by atoms with Crippen molar-refractivity contribution in [2.24, 2.45) is 0 Å². The third kappa shape index (κ3) is 2.94. The van der Waals surface area contributed by atoms with Crippen LogP contribution in [-0.2, 0) is 10.0 Å². The maximum Gasteiger partial charge on any atom is 0.417 e. The number of H-pyrrole nitrogens is 1. The molecular formula is C11H16N4O4S. The first-order valence-electron chi connectivity index (χ1n) is 5.86. The van der Waals surface area contributed by atoms with Gasteiger partial charge in [0.2, 0.25) is 10.0 Å². The van der Waals surface area contributed by atoms with Crippen LogP contribution >= 0.6 is 0 Å². The van der Waals surface area contributed by atoms with Crippen LogP contribution in [0.1, 0.15) is 0 Å². The second kappa shape index (κ2) is 5.17. The Labute approximate surface area is 115 Å². The van der Waals surface area contributed by atoms with Gasteiger partial charge in [0.05, 0.1) is 22.6 Å². The third-order valence-corrected chi connectivity index (χ3v) is 4.66. The highest BCUT2D eigenvalue weighted by Gasteiger charge is 2.13. The van der Waals surface area contributed by atoms with E-state index in [9.17, 15) is 13.2 Å². The molecule has 0 radical (unpaired) electrons. The molecule has 0 aliphatic heterocycles. The number of benzene rings is 1. The number of aromatic amines is 1. The first-order valence-corrected chi connectivity index (χ1v) is 7.47. The van der Waals surface area contributed by atoms with Gasteiger partial charge in [0, 0.05) is 26.7 Å². The van der Waals surface area contributed by atoms with E-state index in [1.165, 1.54) is 20.2 Å². The summed E-state index contributed by atoms with van der Waals surface area (Å²) in [6, 6.07) is 3.12. The van der Waals surface area contributed by atoms with Crippen molar-refractivity contribution < 1.29 is 12.8 Å². The summed E-state index contributed by atoms with van der Waals surface area (Å²) in [5.74, 6) is -0.619. The minimum absolute atomic E-state index is 0.0562. The van der Waals surface area contributed by atoms with Gasteiger partial charge in [-0.25, -0.2) is 17.5 Å². The number of rotatable bonds is 5. The topological polar surface area (TPSA) is 121 Å². The molecule has 20 heavy (non-hydrogen) atoms. The molecule has 1 aromatic carbocycles. The van der Waals surface area contributed by atoms with Crippen LogP contribution in [-0.4, -0.2) is 44.1 Å². The summed E-state index contributed by atoms with van der Waals surface area (Å²) in [5, 5.41) is 2.93. The number of fused-ring (bicyclic) bond motifs is 1. The van der Waals surface area contributed by atoms with E-state index >= 15 is 0 Å². The van der Waals surface area contributed by atoms with Crippen LogP contribution in [0.15, 0.2) is 21.3 Å². The van der Waals surface area contributed by atoms with Crippen molar-refractivity contribution in [1.82, 2.24) is 9.29 Å². The SMILES string of the molecule is CN(C)S(=O)(=O)CCNc1cc2[nH]c(=O)oc2cc1N. The molecule has 0 unspecified atom stereocenters. The van der Waals surface area contributed by atoms with E-state index in [1.807, 2.05) is 0 Å². The van der Waals surface area contributed by atoms with Gasteiger partial charge in [-0.2, -0.15) is 0 Å². The zero-order chi connectivity index (χ0) is 14.9. The summed E-state index contributed by atoms with van der Waals surface area (Å²) in [7, 11) is -0.310. The molecule has 8 nitrogen and oxygen atoms in total. The maximum atomic E-state index is 11.6. The summed E-state index contributed by atoms with van der Waals surface area (Å²) >= 11 is 0. The highest BCUT2D eigenvalue weighted by Crippen LogP contribution is 2.24. The van der Waals surface area contributed by atoms with Crippen molar-refractivity contribution in [3.05, 3.63) is 22.7 Å². The van der Waals surface area contributed by atoms with Crippen LogP contribution in [0.25, 0.3) is 11.1 Å². The van der Waals surface area contributed by atoms with Gasteiger partial charge in [-0.1, -0.05) is 0 Å². The van der Waals surface area contributed by atoms with Crippen LogP contribution in [0.2, 0.25) is 0 Å². The highest BCUT2D eigenvalue weighted by molar-refractivity contribution is 7.89. The Balaban J connectivity index is 2.14. The number of hydrogen-bond acceptors (Lipinski definition) is 6. The van der Waals surface area contributed by atoms with Gasteiger partial charge in [0.25, 0.3) is 0 Å². The standard InChI is InChI=1S/C11H16N4O4S/c1-15(2)20(17,18)4-3-13-8-6-9-10(5-7(8)12)19-11(16)14-9/h5-6,13H,3-4,12H2,1-2H3,(H,14,16). The summed E-state index contributed by atoms with van der Waals surface area (Å²) in [6.45, 7) is 0.207. The Kier molecular flexibility index (Phi) is 3.73. The third-order valence-electron chi connectivity index (χ3n) is 2.82. The molecule has 110 valence electrons. The van der Waals surface area contributed by atoms with E-state index in [0.29, 0.717) is 22.5 Å². The van der Waals surface area contributed by atoms with Crippen LogP contribution in [0.5, 0.6) is 0 Å². The van der Waals surface area contributed by atoms with Crippen molar-refractivity contribution >= 4 is 32.5 Å². The number of sulfonamides is 1. The Morgan fingerprint density at radius 3 is 2.75 bits per heavy atom. The Morgan fingerprint density at radius 2 is 2.10 bits per heavy atom. The largest absolute Gasteiger partial charge is 0.417 e. The van der Waals surface area contributed by atoms with Crippen molar-refractivity contribution in [1.29, 1.82) is 0 Å². The average Bonchev–Trinajstić information content (AvgIpc) is 2.68. The minimum Gasteiger partial charge on any atom is -0.408 e. The van der Waals surface area contributed by atoms with Crippen molar-refractivity contribution in [3.8, 4) is 0 Å². The van der Waals surface area contributed by atoms with Crippen molar-refractivity contribution in [3.63, 3.8) is 0 Å². The molecule has 2 rings (SSSR count). The summed E-state index contributed by atoms with van der Waals surface area (Å²) in [4.78, 5) is 13.6. The second-order valence-electron chi connectivity index (χ2n) is 4.48. The number of anilines is 2. The monoisotopic (exact) mass is 300 g/mol. The predicted molar refractivity (Wildman–Crippen MR) is 77.2 cm³/mol. The van der Waals surface area contributed by atoms with Crippen LogP contribution in [0.3, 0.4) is 0 Å². The fourth-order valence-corrected chi connectivity index (χ4v) is 2.39. The number of aromatic nitrogens is 1. The number of hydrogen-bond donors (Lipinski definition) is 3. The van der Waals surface area contributed by atoms with E-state index in [2.05, 4.69) is 10.3 Å². The molecule has 1 heterocycles. The Bertz CT molecular complexity index is 775. The first kappa shape index (κ1) is 14.4. The zero-order valence-electron chi connectivity index (χ0n) is 11.1. The lowest BCUT2D eigenvalue weighted by atomic mass is 10.2. The highest BCUT2D eigenvalue weighted by atomic mass is 32.2. The van der Waals surface area contributed by atoms with Gasteiger partial charge in [0.15, 0.2) is 5.58 Å². The normalized spacial score (nSPS) is 12.2. The molecule has 0 spiro atoms. The van der Waals surface area contributed by atoms with E-state index in [4.69, 9.17) is 10.2 Å². The minimum atomic E-state index is -3.27. The van der Waals surface area contributed by atoms with E-state index < -0.39 is 15.8 Å². The number of nitrogen functional groups attached to an aromatic ring is 1. The van der Waals surface area contributed by atoms with Crippen LogP contribution in [0, 0.1) is 0 Å². The van der Waals surface area contributed by atoms with E-state index in [0.717, 1.165) is 4.31 Å². The number of oxazole rings is 1. The maximum absolute atomic E-state index is 11.6. The van der Waals surface area contributed by atoms with Gasteiger partial charge in [-0.05, 0) is 6.07 Å². The fraction of sp³-hybridized carbons (Fsp3) is 0.364. The average molecular weight is 300 g/mol. The molecule has 2 aromatic rings. The molecule has 4 N–H and O–H groups in total. The van der Waals surface area contributed by atoms with Crippen molar-refractivity contribution in [2.75, 3.05) is 37.4 Å².